The lowest BCUT2D eigenvalue weighted by Crippen LogP contribution is -2.37. The summed E-state index contributed by atoms with van der Waals surface area (Å²) in [4.78, 5) is 16.5. The summed E-state index contributed by atoms with van der Waals surface area (Å²) in [6.07, 6.45) is 7.41. The first-order valence-corrected chi connectivity index (χ1v) is 11.0. The van der Waals surface area contributed by atoms with Crippen LogP contribution in [-0.4, -0.2) is 17.1 Å². The zero-order valence-corrected chi connectivity index (χ0v) is 17.3. The van der Waals surface area contributed by atoms with Crippen LogP contribution in [0.2, 0.25) is 0 Å². The molecule has 27 heavy (non-hydrogen) atoms. The van der Waals surface area contributed by atoms with Gasteiger partial charge >= 0.3 is 6.03 Å². The third-order valence-corrected chi connectivity index (χ3v) is 6.80. The minimum Gasteiger partial charge on any atom is -0.336 e. The van der Waals surface area contributed by atoms with Gasteiger partial charge in [0.2, 0.25) is 0 Å². The fourth-order valence-corrected chi connectivity index (χ4v) is 5.30. The van der Waals surface area contributed by atoms with Crippen molar-refractivity contribution >= 4 is 22.5 Å². The van der Waals surface area contributed by atoms with Gasteiger partial charge in [0, 0.05) is 17.3 Å². The third-order valence-electron chi connectivity index (χ3n) is 6.02. The first kappa shape index (κ1) is 18.5. The number of hydrogen-bond acceptors (Lipinski definition) is 3. The molecule has 1 fully saturated rings. The summed E-state index contributed by atoms with van der Waals surface area (Å²) in [7, 11) is 0. The van der Waals surface area contributed by atoms with E-state index in [4.69, 9.17) is 0 Å². The smallest absolute Gasteiger partial charge is 0.321 e. The molecule has 2 aliphatic carbocycles. The second kappa shape index (κ2) is 7.27. The van der Waals surface area contributed by atoms with Crippen LogP contribution in [0, 0.1) is 0 Å². The maximum Gasteiger partial charge on any atom is 0.321 e. The number of thiazole rings is 1. The number of aromatic nitrogens is 1. The number of anilines is 1. The Morgan fingerprint density at radius 1 is 1.22 bits per heavy atom. The summed E-state index contributed by atoms with van der Waals surface area (Å²) in [5.41, 5.74) is 5.99. The summed E-state index contributed by atoms with van der Waals surface area (Å²) < 4.78 is 0. The molecular weight excluding hydrogens is 354 g/mol. The average Bonchev–Trinajstić information content (AvgIpc) is 3.05. The summed E-state index contributed by atoms with van der Waals surface area (Å²) in [5, 5.41) is 8.46. The van der Waals surface area contributed by atoms with Gasteiger partial charge < -0.3 is 5.32 Å². The first-order valence-electron chi connectivity index (χ1n) is 10.1. The number of nitrogens with zero attached hydrogens (tertiary/aromatic N) is 1. The number of urea groups is 1. The third kappa shape index (κ3) is 3.88. The zero-order valence-electron chi connectivity index (χ0n) is 16.5. The Bertz CT molecular complexity index is 836. The van der Waals surface area contributed by atoms with Crippen LogP contribution < -0.4 is 10.6 Å². The second-order valence-electron chi connectivity index (χ2n) is 8.69. The zero-order chi connectivity index (χ0) is 19.0. The fourth-order valence-electron chi connectivity index (χ4n) is 4.51. The normalized spacial score (nSPS) is 24.2. The number of nitrogens with one attached hydrogen (secondary N) is 2. The molecule has 0 bridgehead atoms. The van der Waals surface area contributed by atoms with Crippen LogP contribution in [-0.2, 0) is 18.3 Å². The van der Waals surface area contributed by atoms with Crippen molar-refractivity contribution < 1.29 is 4.79 Å². The van der Waals surface area contributed by atoms with Crippen molar-refractivity contribution in [3.63, 3.8) is 0 Å². The second-order valence-corrected chi connectivity index (χ2v) is 9.55. The summed E-state index contributed by atoms with van der Waals surface area (Å²) in [6.45, 7) is 6.28. The van der Waals surface area contributed by atoms with Gasteiger partial charge in [-0.15, -0.1) is 11.3 Å². The van der Waals surface area contributed by atoms with Crippen LogP contribution in [0.5, 0.6) is 0 Å². The van der Waals surface area contributed by atoms with Crippen molar-refractivity contribution in [3.05, 3.63) is 46.0 Å². The van der Waals surface area contributed by atoms with Crippen LogP contribution in [0.3, 0.4) is 0 Å². The molecule has 1 heterocycles. The fraction of sp³-hybridized carbons (Fsp3) is 0.545. The number of carbonyl (C=O) groups is 1. The molecule has 1 saturated carbocycles. The van der Waals surface area contributed by atoms with Crippen molar-refractivity contribution in [2.75, 3.05) is 5.32 Å². The summed E-state index contributed by atoms with van der Waals surface area (Å²) in [5.74, 6) is 0.492. The van der Waals surface area contributed by atoms with Crippen molar-refractivity contribution in [1.82, 2.24) is 10.3 Å². The van der Waals surface area contributed by atoms with E-state index in [0.717, 1.165) is 18.5 Å². The van der Waals surface area contributed by atoms with Gasteiger partial charge in [-0.3, -0.25) is 5.32 Å². The molecule has 1 aromatic heterocycles. The van der Waals surface area contributed by atoms with Crippen molar-refractivity contribution in [2.45, 2.75) is 76.7 Å². The summed E-state index contributed by atoms with van der Waals surface area (Å²) in [6, 6.07) is 7.12. The Balaban J connectivity index is 1.39. The Hall–Kier alpha value is -1.88. The molecule has 4 rings (SSSR count). The number of carbonyl (C=O) groups excluding carboxylic acids is 1. The Kier molecular flexibility index (Phi) is 4.97. The molecule has 2 aromatic rings. The molecular formula is C22H29N3OS. The molecule has 0 atom stereocenters. The van der Waals surface area contributed by atoms with Crippen molar-refractivity contribution in [3.8, 4) is 0 Å². The maximum absolute atomic E-state index is 11.8. The largest absolute Gasteiger partial charge is 0.336 e. The minimum atomic E-state index is -0.182. The van der Waals surface area contributed by atoms with E-state index in [-0.39, 0.29) is 17.5 Å². The highest BCUT2D eigenvalue weighted by Gasteiger charge is 2.43. The number of hydrogen-bond donors (Lipinski definition) is 2. The minimum absolute atomic E-state index is 0.119. The molecule has 2 N–H and O–H groups in total. The van der Waals surface area contributed by atoms with Crippen molar-refractivity contribution in [1.29, 1.82) is 0 Å². The summed E-state index contributed by atoms with van der Waals surface area (Å²) >= 11 is 1.51. The van der Waals surface area contributed by atoms with Gasteiger partial charge in [-0.05, 0) is 74.5 Å². The monoisotopic (exact) mass is 383 g/mol. The molecule has 5 heteroatoms. The molecule has 0 radical (unpaired) electrons. The van der Waals surface area contributed by atoms with Crippen LogP contribution in [0.25, 0.3) is 0 Å². The lowest BCUT2D eigenvalue weighted by atomic mass is 9.59. The molecule has 4 nitrogen and oxygen atoms in total. The van der Waals surface area contributed by atoms with Gasteiger partial charge in [-0.25, -0.2) is 9.78 Å². The number of aryl methyl sites for hydroxylation is 2. The van der Waals surface area contributed by atoms with E-state index in [1.807, 2.05) is 13.8 Å². The average molecular weight is 384 g/mol. The van der Waals surface area contributed by atoms with E-state index in [1.54, 1.807) is 11.1 Å². The van der Waals surface area contributed by atoms with Crippen LogP contribution in [0.15, 0.2) is 23.6 Å². The molecule has 0 unspecified atom stereocenters. The first-order chi connectivity index (χ1) is 12.9. The van der Waals surface area contributed by atoms with Crippen molar-refractivity contribution in [2.24, 2.45) is 0 Å². The number of amides is 2. The molecule has 2 amide bonds. The lowest BCUT2D eigenvalue weighted by molar-refractivity contribution is 0.221. The quantitative estimate of drug-likeness (QED) is 0.744. The topological polar surface area (TPSA) is 54.0 Å². The van der Waals surface area contributed by atoms with Gasteiger partial charge in [0.15, 0.2) is 5.13 Å². The van der Waals surface area contributed by atoms with Gasteiger partial charge in [-0.2, -0.15) is 0 Å². The highest BCUT2D eigenvalue weighted by atomic mass is 32.1. The number of fused-ring (bicyclic) bond motifs is 1. The molecule has 0 aliphatic heterocycles. The van der Waals surface area contributed by atoms with Gasteiger partial charge in [-0.1, -0.05) is 25.1 Å². The highest BCUT2D eigenvalue weighted by molar-refractivity contribution is 7.13. The van der Waals surface area contributed by atoms with E-state index < -0.39 is 0 Å². The maximum atomic E-state index is 11.8. The number of benzene rings is 1. The van der Waals surface area contributed by atoms with E-state index in [1.165, 1.54) is 42.6 Å². The Morgan fingerprint density at radius 3 is 2.70 bits per heavy atom. The van der Waals surface area contributed by atoms with Crippen LogP contribution in [0.1, 0.15) is 74.8 Å². The SMILES string of the molecule is CC(C)NC(=O)Nc1nc(C2CC(C)(c3ccc4c(c3)CCCC4)C2)cs1. The molecule has 0 spiro atoms. The Labute approximate surface area is 165 Å². The number of rotatable bonds is 4. The van der Waals surface area contributed by atoms with E-state index in [9.17, 15) is 4.79 Å². The predicted octanol–water partition coefficient (Wildman–Crippen LogP) is 5.39. The van der Waals surface area contributed by atoms with Crippen LogP contribution in [0.4, 0.5) is 9.93 Å². The highest BCUT2D eigenvalue weighted by Crippen LogP contribution is 2.52. The van der Waals surface area contributed by atoms with Crippen LogP contribution >= 0.6 is 11.3 Å². The lowest BCUT2D eigenvalue weighted by Gasteiger charge is -2.45. The van der Waals surface area contributed by atoms with Gasteiger partial charge in [0.25, 0.3) is 0 Å². The van der Waals surface area contributed by atoms with E-state index in [0.29, 0.717) is 11.0 Å². The Morgan fingerprint density at radius 2 is 1.96 bits per heavy atom. The van der Waals surface area contributed by atoms with Gasteiger partial charge in [0.05, 0.1) is 5.69 Å². The van der Waals surface area contributed by atoms with Gasteiger partial charge in [0.1, 0.15) is 0 Å². The standard InChI is InChI=1S/C22H29N3OS/c1-14(2)23-20(26)25-21-24-19(13-27-21)17-11-22(3,12-17)18-9-8-15-6-4-5-7-16(15)10-18/h8-10,13-14,17H,4-7,11-12H2,1-3H3,(H2,23,24,25,26). The molecule has 2 aliphatic rings. The predicted molar refractivity (Wildman–Crippen MR) is 112 cm³/mol. The van der Waals surface area contributed by atoms with E-state index >= 15 is 0 Å². The molecule has 1 aromatic carbocycles. The molecule has 0 saturated heterocycles. The molecule has 144 valence electrons. The van der Waals surface area contributed by atoms with E-state index in [2.05, 4.69) is 46.1 Å².